The van der Waals surface area contributed by atoms with Crippen molar-refractivity contribution in [1.29, 1.82) is 0 Å². The minimum Gasteiger partial charge on any atom is -0.480 e. The van der Waals surface area contributed by atoms with Crippen molar-refractivity contribution in [3.8, 4) is 0 Å². The fraction of sp³-hybridized carbons (Fsp3) is 0.833. The lowest BCUT2D eigenvalue weighted by atomic mass is 9.96. The van der Waals surface area contributed by atoms with Crippen LogP contribution in [-0.2, 0) is 9.59 Å². The monoisotopic (exact) mass is 242 g/mol. The number of nitrogens with one attached hydrogen (secondary N) is 2. The summed E-state index contributed by atoms with van der Waals surface area (Å²) in [7, 11) is 0. The van der Waals surface area contributed by atoms with Crippen LogP contribution in [-0.4, -0.2) is 36.1 Å². The third kappa shape index (κ3) is 4.00. The van der Waals surface area contributed by atoms with Crippen molar-refractivity contribution >= 4 is 11.9 Å². The Labute approximate surface area is 102 Å². The summed E-state index contributed by atoms with van der Waals surface area (Å²) in [5.74, 6) is -0.898. The Morgan fingerprint density at radius 2 is 2.18 bits per heavy atom. The van der Waals surface area contributed by atoms with E-state index in [9.17, 15) is 9.59 Å². The Kier molecular flexibility index (Phi) is 5.41. The second kappa shape index (κ2) is 6.59. The molecule has 0 spiro atoms. The van der Waals surface area contributed by atoms with E-state index >= 15 is 0 Å². The van der Waals surface area contributed by atoms with Gasteiger partial charge in [-0.1, -0.05) is 26.7 Å². The number of carbonyl (C=O) groups excluding carboxylic acids is 1. The predicted molar refractivity (Wildman–Crippen MR) is 64.6 cm³/mol. The average molecular weight is 242 g/mol. The van der Waals surface area contributed by atoms with E-state index in [1.165, 1.54) is 0 Å². The number of carboxylic acids is 1. The molecule has 5 nitrogen and oxygen atoms in total. The van der Waals surface area contributed by atoms with Crippen LogP contribution < -0.4 is 10.6 Å². The largest absolute Gasteiger partial charge is 0.480 e. The van der Waals surface area contributed by atoms with Gasteiger partial charge in [0.2, 0.25) is 5.91 Å². The van der Waals surface area contributed by atoms with Gasteiger partial charge >= 0.3 is 5.97 Å². The summed E-state index contributed by atoms with van der Waals surface area (Å²) >= 11 is 0. The fourth-order valence-electron chi connectivity index (χ4n) is 2.11. The molecule has 0 aromatic heterocycles. The first kappa shape index (κ1) is 14.0. The molecule has 0 unspecified atom stereocenters. The van der Waals surface area contributed by atoms with E-state index in [-0.39, 0.29) is 17.7 Å². The van der Waals surface area contributed by atoms with E-state index in [0.29, 0.717) is 13.0 Å². The predicted octanol–water partition coefficient (Wildman–Crippen LogP) is 0.601. The van der Waals surface area contributed by atoms with E-state index in [2.05, 4.69) is 10.6 Å². The van der Waals surface area contributed by atoms with Gasteiger partial charge < -0.3 is 15.7 Å². The van der Waals surface area contributed by atoms with Crippen LogP contribution in [0.2, 0.25) is 0 Å². The minimum atomic E-state index is -0.939. The molecule has 3 N–H and O–H groups in total. The molecule has 17 heavy (non-hydrogen) atoms. The smallest absolute Gasteiger partial charge is 0.326 e. The van der Waals surface area contributed by atoms with E-state index in [1.807, 2.05) is 13.8 Å². The third-order valence-corrected chi connectivity index (χ3v) is 3.32. The molecule has 0 aromatic carbocycles. The molecular weight excluding hydrogens is 220 g/mol. The molecule has 1 aliphatic heterocycles. The van der Waals surface area contributed by atoms with Gasteiger partial charge in [0.15, 0.2) is 0 Å². The molecule has 0 radical (unpaired) electrons. The van der Waals surface area contributed by atoms with Gasteiger partial charge in [-0.3, -0.25) is 4.79 Å². The van der Waals surface area contributed by atoms with Crippen LogP contribution in [0.4, 0.5) is 0 Å². The van der Waals surface area contributed by atoms with Crippen LogP contribution in [0.3, 0.4) is 0 Å². The molecular formula is C12H22N2O3. The molecule has 1 rings (SSSR count). The van der Waals surface area contributed by atoms with Gasteiger partial charge in [-0.2, -0.15) is 0 Å². The number of carbonyl (C=O) groups is 2. The van der Waals surface area contributed by atoms with E-state index in [1.54, 1.807) is 0 Å². The zero-order chi connectivity index (χ0) is 12.8. The molecule has 3 atom stereocenters. The van der Waals surface area contributed by atoms with Gasteiger partial charge in [0, 0.05) is 6.54 Å². The van der Waals surface area contributed by atoms with Gasteiger partial charge in [0.25, 0.3) is 0 Å². The summed E-state index contributed by atoms with van der Waals surface area (Å²) in [6.07, 6.45) is 2.25. The Morgan fingerprint density at radius 1 is 1.47 bits per heavy atom. The van der Waals surface area contributed by atoms with E-state index < -0.39 is 12.0 Å². The minimum absolute atomic E-state index is 0.0986. The van der Waals surface area contributed by atoms with Crippen molar-refractivity contribution < 1.29 is 14.7 Å². The topological polar surface area (TPSA) is 78.4 Å². The van der Waals surface area contributed by atoms with Gasteiger partial charge in [0.1, 0.15) is 6.04 Å². The standard InChI is InChI=1S/C12H22N2O3/c1-3-4-5-10(12(16)17)14-11(15)9-7-13-6-8(9)2/h8-10,13H,3-7H2,1-2H3,(H,14,15)(H,16,17)/t8-,9-,10+/m1/s1. The maximum Gasteiger partial charge on any atom is 0.326 e. The van der Waals surface area contributed by atoms with E-state index in [4.69, 9.17) is 5.11 Å². The van der Waals surface area contributed by atoms with Crippen LogP contribution in [0.15, 0.2) is 0 Å². The number of hydrogen-bond acceptors (Lipinski definition) is 3. The Balaban J connectivity index is 2.48. The highest BCUT2D eigenvalue weighted by atomic mass is 16.4. The molecule has 1 aliphatic rings. The Hall–Kier alpha value is -1.10. The lowest BCUT2D eigenvalue weighted by molar-refractivity contribution is -0.142. The van der Waals surface area contributed by atoms with Crippen molar-refractivity contribution in [3.63, 3.8) is 0 Å². The summed E-state index contributed by atoms with van der Waals surface area (Å²) in [4.78, 5) is 22.9. The molecule has 5 heteroatoms. The quantitative estimate of drug-likeness (QED) is 0.637. The molecule has 1 heterocycles. The van der Waals surface area contributed by atoms with E-state index in [0.717, 1.165) is 19.4 Å². The first-order chi connectivity index (χ1) is 8.06. The van der Waals surface area contributed by atoms with Crippen molar-refractivity contribution in [1.82, 2.24) is 10.6 Å². The van der Waals surface area contributed by atoms with Crippen LogP contribution in [0.25, 0.3) is 0 Å². The first-order valence-corrected chi connectivity index (χ1v) is 6.30. The zero-order valence-corrected chi connectivity index (χ0v) is 10.5. The lowest BCUT2D eigenvalue weighted by Crippen LogP contribution is -2.45. The number of aliphatic carboxylic acids is 1. The summed E-state index contributed by atoms with van der Waals surface area (Å²) in [5.41, 5.74) is 0. The maximum absolute atomic E-state index is 11.9. The van der Waals surface area contributed by atoms with Gasteiger partial charge in [-0.15, -0.1) is 0 Å². The zero-order valence-electron chi connectivity index (χ0n) is 10.5. The van der Waals surface area contributed by atoms with Crippen LogP contribution in [0.1, 0.15) is 33.1 Å². The number of carboxylic acid groups (broad SMARTS) is 1. The molecule has 0 bridgehead atoms. The SMILES string of the molecule is CCCC[C@H](NC(=O)[C@@H]1CNC[C@H]1C)C(=O)O. The van der Waals surface area contributed by atoms with Crippen LogP contribution in [0.5, 0.6) is 0 Å². The molecule has 0 aromatic rings. The third-order valence-electron chi connectivity index (χ3n) is 3.32. The second-order valence-electron chi connectivity index (χ2n) is 4.78. The Bertz CT molecular complexity index is 281. The van der Waals surface area contributed by atoms with Crippen LogP contribution in [0, 0.1) is 11.8 Å². The number of amides is 1. The van der Waals surface area contributed by atoms with Gasteiger partial charge in [0.05, 0.1) is 5.92 Å². The molecule has 1 saturated heterocycles. The van der Waals surface area contributed by atoms with Crippen LogP contribution >= 0.6 is 0 Å². The molecule has 0 aliphatic carbocycles. The molecule has 0 saturated carbocycles. The lowest BCUT2D eigenvalue weighted by Gasteiger charge is -2.19. The van der Waals surface area contributed by atoms with Crippen molar-refractivity contribution in [2.24, 2.45) is 11.8 Å². The fourth-order valence-corrected chi connectivity index (χ4v) is 2.11. The highest BCUT2D eigenvalue weighted by Crippen LogP contribution is 2.16. The molecule has 98 valence electrons. The summed E-state index contributed by atoms with van der Waals surface area (Å²) < 4.78 is 0. The maximum atomic E-state index is 11.9. The summed E-state index contributed by atoms with van der Waals surface area (Å²) in [5, 5.41) is 14.8. The average Bonchev–Trinajstić information content (AvgIpc) is 2.70. The first-order valence-electron chi connectivity index (χ1n) is 6.30. The molecule has 1 amide bonds. The van der Waals surface area contributed by atoms with Gasteiger partial charge in [-0.25, -0.2) is 4.79 Å². The van der Waals surface area contributed by atoms with Crippen molar-refractivity contribution in [3.05, 3.63) is 0 Å². The number of hydrogen-bond donors (Lipinski definition) is 3. The number of unbranched alkanes of at least 4 members (excludes halogenated alkanes) is 1. The van der Waals surface area contributed by atoms with Crippen molar-refractivity contribution in [2.45, 2.75) is 39.2 Å². The molecule has 1 fully saturated rings. The second-order valence-corrected chi connectivity index (χ2v) is 4.78. The highest BCUT2D eigenvalue weighted by molar-refractivity contribution is 5.85. The summed E-state index contributed by atoms with van der Waals surface area (Å²) in [6.45, 7) is 5.48. The Morgan fingerprint density at radius 3 is 2.65 bits per heavy atom. The van der Waals surface area contributed by atoms with Gasteiger partial charge in [-0.05, 0) is 18.9 Å². The highest BCUT2D eigenvalue weighted by Gasteiger charge is 2.31. The van der Waals surface area contributed by atoms with Crippen molar-refractivity contribution in [2.75, 3.05) is 13.1 Å². The summed E-state index contributed by atoms with van der Waals surface area (Å²) in [6, 6.07) is -0.741. The normalized spacial score (nSPS) is 25.5. The number of rotatable bonds is 6.